The summed E-state index contributed by atoms with van der Waals surface area (Å²) in [4.78, 5) is 0. The van der Waals surface area contributed by atoms with Gasteiger partial charge in [-0.05, 0) is 58.9 Å². The van der Waals surface area contributed by atoms with Crippen molar-refractivity contribution in [3.05, 3.63) is 60.7 Å². The molecule has 0 unspecified atom stereocenters. The van der Waals surface area contributed by atoms with Crippen molar-refractivity contribution in [1.29, 1.82) is 0 Å². The first-order valence-corrected chi connectivity index (χ1v) is 14.1. The van der Waals surface area contributed by atoms with Crippen molar-refractivity contribution in [2.24, 2.45) is 5.92 Å². The van der Waals surface area contributed by atoms with Gasteiger partial charge in [-0.2, -0.15) is 0 Å². The van der Waals surface area contributed by atoms with Crippen LogP contribution in [0.4, 0.5) is 0 Å². The van der Waals surface area contributed by atoms with Crippen LogP contribution in [0, 0.1) is 5.92 Å². The highest BCUT2D eigenvalue weighted by Gasteiger charge is 2.46. The third-order valence-corrected chi connectivity index (χ3v) is 13.5. The van der Waals surface area contributed by atoms with E-state index in [1.165, 1.54) is 19.3 Å². The molecule has 0 nitrogen and oxygen atoms in total. The van der Waals surface area contributed by atoms with E-state index in [4.69, 9.17) is 0 Å². The average Bonchev–Trinajstić information content (AvgIpc) is 3.11. The van der Waals surface area contributed by atoms with E-state index in [-0.39, 0.29) is 15.8 Å². The summed E-state index contributed by atoms with van der Waals surface area (Å²) in [5.74, 6) is 0.839. The highest BCUT2D eigenvalue weighted by Crippen LogP contribution is 2.67. The second-order valence-corrected chi connectivity index (χ2v) is 17.3. The molecular weight excluding hydrogens is 386 g/mol. The van der Waals surface area contributed by atoms with Crippen LogP contribution < -0.4 is 10.6 Å². The zero-order valence-electron chi connectivity index (χ0n) is 19.5. The van der Waals surface area contributed by atoms with Gasteiger partial charge < -0.3 is 0 Å². The lowest BCUT2D eigenvalue weighted by Gasteiger charge is -2.49. The Morgan fingerprint density at radius 2 is 1.17 bits per heavy atom. The lowest BCUT2D eigenvalue weighted by atomic mass is 10.0. The van der Waals surface area contributed by atoms with Crippen LogP contribution >= 0.6 is 15.8 Å². The van der Waals surface area contributed by atoms with Gasteiger partial charge in [0.15, 0.2) is 0 Å². The minimum absolute atomic E-state index is 0.0938. The molecule has 0 N–H and O–H groups in total. The first-order chi connectivity index (χ1) is 13.6. The third kappa shape index (κ3) is 5.32. The fourth-order valence-electron chi connectivity index (χ4n) is 5.98. The molecule has 0 heterocycles. The first-order valence-electron chi connectivity index (χ1n) is 11.3. The molecule has 3 atom stereocenters. The van der Waals surface area contributed by atoms with Crippen molar-refractivity contribution in [1.82, 2.24) is 0 Å². The Labute approximate surface area is 182 Å². The van der Waals surface area contributed by atoms with Crippen molar-refractivity contribution in [2.75, 3.05) is 0 Å². The second kappa shape index (κ2) is 9.20. The van der Waals surface area contributed by atoms with Gasteiger partial charge >= 0.3 is 0 Å². The normalized spacial score (nSPS) is 21.7. The minimum Gasteiger partial charge on any atom is -0.0924 e. The molecule has 0 aromatic heterocycles. The van der Waals surface area contributed by atoms with Crippen LogP contribution in [0.15, 0.2) is 60.7 Å². The molecule has 1 saturated carbocycles. The molecule has 0 spiro atoms. The Morgan fingerprint density at radius 3 is 1.59 bits per heavy atom. The van der Waals surface area contributed by atoms with Gasteiger partial charge in [0.05, 0.1) is 0 Å². The fraction of sp³-hybridized carbons (Fsp3) is 0.556. The van der Waals surface area contributed by atoms with Gasteiger partial charge in [0.25, 0.3) is 0 Å². The van der Waals surface area contributed by atoms with Gasteiger partial charge in [0, 0.05) is 0 Å². The zero-order chi connectivity index (χ0) is 21.2. The van der Waals surface area contributed by atoms with Crippen molar-refractivity contribution >= 4 is 26.5 Å². The molecule has 2 aromatic carbocycles. The third-order valence-electron chi connectivity index (χ3n) is 6.40. The maximum atomic E-state index is 2.61. The van der Waals surface area contributed by atoms with Gasteiger partial charge in [0.1, 0.15) is 0 Å². The molecule has 29 heavy (non-hydrogen) atoms. The summed E-state index contributed by atoms with van der Waals surface area (Å²) in [5.41, 5.74) is 1.61. The molecule has 1 aliphatic carbocycles. The molecular formula is C27H40P2. The van der Waals surface area contributed by atoms with Crippen LogP contribution in [-0.4, -0.2) is 21.6 Å². The van der Waals surface area contributed by atoms with E-state index in [2.05, 4.69) is 109 Å². The zero-order valence-corrected chi connectivity index (χ0v) is 21.3. The van der Waals surface area contributed by atoms with Crippen LogP contribution in [0.2, 0.25) is 0 Å². The Balaban J connectivity index is 2.00. The molecule has 0 aliphatic heterocycles. The smallest absolute Gasteiger partial charge is 0.00945 e. The van der Waals surface area contributed by atoms with E-state index < -0.39 is 0 Å². The van der Waals surface area contributed by atoms with E-state index in [0.29, 0.717) is 10.3 Å². The lowest BCUT2D eigenvalue weighted by Crippen LogP contribution is -2.37. The number of hydrogen-bond acceptors (Lipinski definition) is 0. The van der Waals surface area contributed by atoms with Gasteiger partial charge in [-0.15, -0.1) is 0 Å². The number of benzene rings is 2. The van der Waals surface area contributed by atoms with Crippen molar-refractivity contribution in [3.63, 3.8) is 0 Å². The Hall–Kier alpha value is -0.700. The Kier molecular flexibility index (Phi) is 7.29. The summed E-state index contributed by atoms with van der Waals surface area (Å²) in [7, 11) is -0.404. The van der Waals surface area contributed by atoms with E-state index in [9.17, 15) is 0 Å². The van der Waals surface area contributed by atoms with Crippen LogP contribution in [0.5, 0.6) is 0 Å². The summed E-state index contributed by atoms with van der Waals surface area (Å²) in [6, 6.07) is 22.8. The average molecular weight is 427 g/mol. The first kappa shape index (κ1) is 23.0. The van der Waals surface area contributed by atoms with E-state index >= 15 is 0 Å². The fourth-order valence-corrected chi connectivity index (χ4v) is 14.6. The van der Waals surface area contributed by atoms with Gasteiger partial charge in [-0.25, -0.2) is 0 Å². The number of rotatable bonds is 5. The molecule has 0 amide bonds. The maximum absolute atomic E-state index is 2.61. The minimum atomic E-state index is -0.310. The van der Waals surface area contributed by atoms with Gasteiger partial charge in [-0.3, -0.25) is 0 Å². The van der Waals surface area contributed by atoms with E-state index in [1.54, 1.807) is 10.6 Å². The summed E-state index contributed by atoms with van der Waals surface area (Å²) in [5, 5.41) is 3.91. The predicted molar refractivity (Wildman–Crippen MR) is 136 cm³/mol. The topological polar surface area (TPSA) is 0 Å². The van der Waals surface area contributed by atoms with Crippen molar-refractivity contribution < 1.29 is 0 Å². The van der Waals surface area contributed by atoms with Crippen molar-refractivity contribution in [3.8, 4) is 0 Å². The van der Waals surface area contributed by atoms with Gasteiger partial charge in [0.2, 0.25) is 0 Å². The van der Waals surface area contributed by atoms with Crippen LogP contribution in [0.3, 0.4) is 0 Å². The van der Waals surface area contributed by atoms with Crippen LogP contribution in [0.25, 0.3) is 0 Å². The highest BCUT2D eigenvalue weighted by atomic mass is 31.1. The molecule has 2 heteroatoms. The molecule has 1 fully saturated rings. The Morgan fingerprint density at radius 1 is 0.724 bits per heavy atom. The van der Waals surface area contributed by atoms with Crippen LogP contribution in [0.1, 0.15) is 67.7 Å². The molecule has 0 bridgehead atoms. The van der Waals surface area contributed by atoms with E-state index in [0.717, 1.165) is 17.2 Å². The SMILES string of the molecule is C[C@H]([C@@H]1CCC[C@@H]1P(c1ccccc1)c1ccccc1)P(C(C)(C)C)C(C)(C)C. The summed E-state index contributed by atoms with van der Waals surface area (Å²) in [6.45, 7) is 17.5. The predicted octanol–water partition coefficient (Wildman–Crippen LogP) is 7.76. The monoisotopic (exact) mass is 426 g/mol. The molecule has 0 saturated heterocycles. The largest absolute Gasteiger partial charge is 0.0924 e. The Bertz CT molecular complexity index is 701. The van der Waals surface area contributed by atoms with Crippen molar-refractivity contribution in [2.45, 2.75) is 89.4 Å². The molecule has 158 valence electrons. The molecule has 2 aromatic rings. The molecule has 0 radical (unpaired) electrons. The van der Waals surface area contributed by atoms with E-state index in [1.807, 2.05) is 0 Å². The summed E-state index contributed by atoms with van der Waals surface area (Å²) >= 11 is 0. The van der Waals surface area contributed by atoms with Crippen LogP contribution in [-0.2, 0) is 0 Å². The molecule has 1 aliphatic rings. The summed E-state index contributed by atoms with van der Waals surface area (Å²) in [6.07, 6.45) is 4.20. The quantitative estimate of drug-likeness (QED) is 0.429. The maximum Gasteiger partial charge on any atom is -0.00945 e. The number of hydrogen-bond donors (Lipinski definition) is 0. The van der Waals surface area contributed by atoms with Gasteiger partial charge in [-0.1, -0.05) is 123 Å². The lowest BCUT2D eigenvalue weighted by molar-refractivity contribution is 0.527. The molecule has 3 rings (SSSR count). The summed E-state index contributed by atoms with van der Waals surface area (Å²) < 4.78 is 0. The highest BCUT2D eigenvalue weighted by molar-refractivity contribution is 7.73. The second-order valence-electron chi connectivity index (χ2n) is 10.7. The standard InChI is InChI=1S/C27H40P2/c1-21(29(26(2,3)4)27(5,6)7)24-19-14-20-25(24)28(22-15-10-8-11-16-22)23-17-12-9-13-18-23/h8-13,15-18,21,24-25H,14,19-20H2,1-7H3/t21-,24+,25+/m1/s1.